The third kappa shape index (κ3) is 3.23. The highest BCUT2D eigenvalue weighted by Gasteiger charge is 2.22. The molecule has 1 heterocycles. The zero-order chi connectivity index (χ0) is 13.9. The second kappa shape index (κ2) is 5.45. The van der Waals surface area contributed by atoms with Gasteiger partial charge in [-0.3, -0.25) is 9.48 Å². The van der Waals surface area contributed by atoms with Crippen LogP contribution in [0.5, 0.6) is 0 Å². The topological polar surface area (TPSA) is 46.9 Å². The number of carbonyl (C=O) groups is 1. The zero-order valence-corrected chi connectivity index (χ0v) is 11.1. The fourth-order valence-electron chi connectivity index (χ4n) is 2.11. The summed E-state index contributed by atoms with van der Waals surface area (Å²) in [6.45, 7) is 0.906. The van der Waals surface area contributed by atoms with E-state index in [2.05, 4.69) is 10.4 Å². The third-order valence-electron chi connectivity index (χ3n) is 3.37. The van der Waals surface area contributed by atoms with Gasteiger partial charge in [-0.2, -0.15) is 5.10 Å². The Morgan fingerprint density at radius 2 is 2.20 bits per heavy atom. The highest BCUT2D eigenvalue weighted by atomic mass is 19.1. The minimum absolute atomic E-state index is 0.0283. The summed E-state index contributed by atoms with van der Waals surface area (Å²) in [5, 5.41) is 6.94. The number of aromatic nitrogens is 2. The molecule has 0 aliphatic heterocycles. The summed E-state index contributed by atoms with van der Waals surface area (Å²) in [5.74, 6) is 0.144. The molecule has 0 bridgehead atoms. The van der Waals surface area contributed by atoms with Crippen LogP contribution in [0.2, 0.25) is 0 Å². The number of hydrogen-bond acceptors (Lipinski definition) is 2. The Balaban J connectivity index is 1.58. The lowest BCUT2D eigenvalue weighted by Gasteiger charge is -2.03. The molecule has 1 fully saturated rings. The van der Waals surface area contributed by atoms with E-state index < -0.39 is 0 Å². The standard InChI is InChI=1S/C15H16FN3O/c16-14-4-2-1-3-12(14)7-15(20)18-13-8-17-19(10-13)9-11-5-6-11/h1-4,8,10-11H,5-7,9H2,(H,18,20). The van der Waals surface area contributed by atoms with Gasteiger partial charge in [-0.25, -0.2) is 4.39 Å². The largest absolute Gasteiger partial charge is 0.323 e. The van der Waals surface area contributed by atoms with Crippen LogP contribution >= 0.6 is 0 Å². The van der Waals surface area contributed by atoms with Gasteiger partial charge in [0, 0.05) is 12.7 Å². The number of anilines is 1. The van der Waals surface area contributed by atoms with E-state index >= 15 is 0 Å². The molecular weight excluding hydrogens is 257 g/mol. The predicted molar refractivity (Wildman–Crippen MR) is 73.7 cm³/mol. The normalized spacial score (nSPS) is 14.2. The molecule has 5 heteroatoms. The SMILES string of the molecule is O=C(Cc1ccccc1F)Nc1cnn(CC2CC2)c1. The molecule has 0 spiro atoms. The second-order valence-electron chi connectivity index (χ2n) is 5.21. The molecule has 1 amide bonds. The first-order valence-corrected chi connectivity index (χ1v) is 6.76. The third-order valence-corrected chi connectivity index (χ3v) is 3.37. The fourth-order valence-corrected chi connectivity index (χ4v) is 2.11. The molecule has 104 valence electrons. The monoisotopic (exact) mass is 273 g/mol. The van der Waals surface area contributed by atoms with Crippen LogP contribution in [0.1, 0.15) is 18.4 Å². The Labute approximate surface area is 116 Å². The van der Waals surface area contributed by atoms with Crippen molar-refractivity contribution in [3.8, 4) is 0 Å². The van der Waals surface area contributed by atoms with Crippen LogP contribution in [0.4, 0.5) is 10.1 Å². The van der Waals surface area contributed by atoms with Gasteiger partial charge in [-0.05, 0) is 30.4 Å². The van der Waals surface area contributed by atoms with Crippen LogP contribution in [0, 0.1) is 11.7 Å². The lowest BCUT2D eigenvalue weighted by atomic mass is 10.1. The maximum atomic E-state index is 13.4. The Kier molecular flexibility index (Phi) is 3.50. The van der Waals surface area contributed by atoms with E-state index in [4.69, 9.17) is 0 Å². The molecule has 4 nitrogen and oxygen atoms in total. The van der Waals surface area contributed by atoms with Crippen LogP contribution < -0.4 is 5.32 Å². The summed E-state index contributed by atoms with van der Waals surface area (Å²) >= 11 is 0. The van der Waals surface area contributed by atoms with E-state index in [1.165, 1.54) is 18.9 Å². The van der Waals surface area contributed by atoms with Crippen molar-refractivity contribution in [2.45, 2.75) is 25.8 Å². The van der Waals surface area contributed by atoms with Crippen molar-refractivity contribution in [1.82, 2.24) is 9.78 Å². The predicted octanol–water partition coefficient (Wildman–Crippen LogP) is 2.61. The first-order chi connectivity index (χ1) is 9.70. The molecule has 1 aliphatic rings. The first kappa shape index (κ1) is 12.8. The second-order valence-corrected chi connectivity index (χ2v) is 5.21. The van der Waals surface area contributed by atoms with E-state index in [9.17, 15) is 9.18 Å². The Morgan fingerprint density at radius 3 is 2.95 bits per heavy atom. The van der Waals surface area contributed by atoms with Gasteiger partial charge < -0.3 is 5.32 Å². The van der Waals surface area contributed by atoms with Crippen molar-refractivity contribution < 1.29 is 9.18 Å². The van der Waals surface area contributed by atoms with Crippen LogP contribution in [0.25, 0.3) is 0 Å². The average Bonchev–Trinajstić information content (AvgIpc) is 3.12. The Hall–Kier alpha value is -2.17. The summed E-state index contributed by atoms with van der Waals surface area (Å²) in [6.07, 6.45) is 5.99. The summed E-state index contributed by atoms with van der Waals surface area (Å²) < 4.78 is 15.3. The molecule has 2 aromatic rings. The maximum absolute atomic E-state index is 13.4. The number of rotatable bonds is 5. The molecule has 1 N–H and O–H groups in total. The maximum Gasteiger partial charge on any atom is 0.228 e. The molecule has 0 radical (unpaired) electrons. The summed E-state index contributed by atoms with van der Waals surface area (Å²) in [6, 6.07) is 6.31. The smallest absolute Gasteiger partial charge is 0.228 e. The lowest BCUT2D eigenvalue weighted by Crippen LogP contribution is -2.14. The summed E-state index contributed by atoms with van der Waals surface area (Å²) in [7, 11) is 0. The van der Waals surface area contributed by atoms with E-state index in [0.717, 1.165) is 12.5 Å². The highest BCUT2D eigenvalue weighted by molar-refractivity contribution is 5.92. The quantitative estimate of drug-likeness (QED) is 0.910. The molecule has 0 atom stereocenters. The lowest BCUT2D eigenvalue weighted by molar-refractivity contribution is -0.115. The number of amides is 1. The van der Waals surface area contributed by atoms with Crippen LogP contribution in [0.15, 0.2) is 36.7 Å². The first-order valence-electron chi connectivity index (χ1n) is 6.76. The van der Waals surface area contributed by atoms with Gasteiger partial charge in [0.2, 0.25) is 5.91 Å². The molecule has 0 unspecified atom stereocenters. The van der Waals surface area contributed by atoms with Gasteiger partial charge in [0.25, 0.3) is 0 Å². The van der Waals surface area contributed by atoms with Gasteiger partial charge >= 0.3 is 0 Å². The molecule has 0 saturated heterocycles. The molecule has 1 aromatic heterocycles. The number of nitrogens with one attached hydrogen (secondary N) is 1. The van der Waals surface area contributed by atoms with Crippen molar-refractivity contribution in [2.75, 3.05) is 5.32 Å². The number of benzene rings is 1. The molecule has 3 rings (SSSR count). The van der Waals surface area contributed by atoms with Gasteiger partial charge in [-0.1, -0.05) is 18.2 Å². The van der Waals surface area contributed by atoms with E-state index in [-0.39, 0.29) is 18.1 Å². The van der Waals surface area contributed by atoms with Crippen molar-refractivity contribution in [3.63, 3.8) is 0 Å². The molecule has 1 saturated carbocycles. The van der Waals surface area contributed by atoms with Gasteiger partial charge in [0.05, 0.1) is 18.3 Å². The highest BCUT2D eigenvalue weighted by Crippen LogP contribution is 2.30. The molecule has 1 aliphatic carbocycles. The van der Waals surface area contributed by atoms with E-state index in [1.807, 2.05) is 10.9 Å². The van der Waals surface area contributed by atoms with Crippen molar-refractivity contribution in [1.29, 1.82) is 0 Å². The van der Waals surface area contributed by atoms with Crippen molar-refractivity contribution in [2.24, 2.45) is 5.92 Å². The Bertz CT molecular complexity index is 619. The zero-order valence-electron chi connectivity index (χ0n) is 11.1. The fraction of sp³-hybridized carbons (Fsp3) is 0.333. The average molecular weight is 273 g/mol. The Morgan fingerprint density at radius 1 is 1.40 bits per heavy atom. The van der Waals surface area contributed by atoms with E-state index in [1.54, 1.807) is 24.4 Å². The molecular formula is C15H16FN3O. The van der Waals surface area contributed by atoms with E-state index in [0.29, 0.717) is 11.3 Å². The van der Waals surface area contributed by atoms with Crippen LogP contribution in [-0.4, -0.2) is 15.7 Å². The van der Waals surface area contributed by atoms with Gasteiger partial charge in [0.1, 0.15) is 5.82 Å². The number of halogens is 1. The minimum Gasteiger partial charge on any atom is -0.323 e. The molecule has 20 heavy (non-hydrogen) atoms. The minimum atomic E-state index is -0.355. The van der Waals surface area contributed by atoms with Gasteiger partial charge in [0.15, 0.2) is 0 Å². The van der Waals surface area contributed by atoms with Crippen molar-refractivity contribution in [3.05, 3.63) is 48.0 Å². The summed E-state index contributed by atoms with van der Waals surface area (Å²) in [4.78, 5) is 11.9. The summed E-state index contributed by atoms with van der Waals surface area (Å²) in [5.41, 5.74) is 1.06. The number of hydrogen-bond donors (Lipinski definition) is 1. The van der Waals surface area contributed by atoms with Crippen LogP contribution in [-0.2, 0) is 17.8 Å². The van der Waals surface area contributed by atoms with Gasteiger partial charge in [-0.15, -0.1) is 0 Å². The molecule has 1 aromatic carbocycles. The number of carbonyl (C=O) groups excluding carboxylic acids is 1. The number of nitrogens with zero attached hydrogens (tertiary/aromatic N) is 2. The van der Waals surface area contributed by atoms with Crippen LogP contribution in [0.3, 0.4) is 0 Å². The van der Waals surface area contributed by atoms with Crippen molar-refractivity contribution >= 4 is 11.6 Å².